The third-order valence-corrected chi connectivity index (χ3v) is 5.66. The fourth-order valence-electron chi connectivity index (χ4n) is 3.83. The number of aromatic nitrogens is 2. The summed E-state index contributed by atoms with van der Waals surface area (Å²) in [5.74, 6) is 0.938. The number of amides is 1. The first-order chi connectivity index (χ1) is 17.6. The van der Waals surface area contributed by atoms with Crippen LogP contribution in [0.3, 0.4) is 0 Å². The van der Waals surface area contributed by atoms with Crippen LogP contribution in [0.1, 0.15) is 16.7 Å². The lowest BCUT2D eigenvalue weighted by Crippen LogP contribution is -2.23. The largest absolute Gasteiger partial charge is 0.373 e. The van der Waals surface area contributed by atoms with Gasteiger partial charge in [-0.3, -0.25) is 4.79 Å². The first-order valence-corrected chi connectivity index (χ1v) is 11.4. The summed E-state index contributed by atoms with van der Waals surface area (Å²) in [5, 5.41) is 15.8. The molecular weight excluding hydrogens is 455 g/mol. The van der Waals surface area contributed by atoms with Crippen LogP contribution in [-0.4, -0.2) is 30.0 Å². The second-order valence-electron chi connectivity index (χ2n) is 8.06. The third kappa shape index (κ3) is 5.83. The zero-order valence-corrected chi connectivity index (χ0v) is 19.8. The van der Waals surface area contributed by atoms with Crippen molar-refractivity contribution in [1.82, 2.24) is 9.97 Å². The van der Waals surface area contributed by atoms with Crippen LogP contribution in [0.25, 0.3) is 11.3 Å². The van der Waals surface area contributed by atoms with Gasteiger partial charge in [0.2, 0.25) is 6.41 Å². The van der Waals surface area contributed by atoms with E-state index < -0.39 is 0 Å². The molecule has 4 rings (SSSR count). The molecule has 0 fully saturated rings. The summed E-state index contributed by atoms with van der Waals surface area (Å²) in [6, 6.07) is 23.2. The molecule has 0 atom stereocenters. The number of nitrogens with zero attached hydrogens (tertiary/aromatic N) is 4. The molecule has 4 aromatic rings. The van der Waals surface area contributed by atoms with Crippen molar-refractivity contribution in [3.8, 4) is 17.3 Å². The van der Waals surface area contributed by atoms with E-state index in [0.717, 1.165) is 23.4 Å². The number of nitriles is 1. The Balaban J connectivity index is 1.65. The molecule has 0 saturated carbocycles. The van der Waals surface area contributed by atoms with Gasteiger partial charge in [-0.25, -0.2) is 14.4 Å². The Morgan fingerprint density at radius 1 is 1.06 bits per heavy atom. The number of hydrogen-bond donors (Lipinski definition) is 2. The summed E-state index contributed by atoms with van der Waals surface area (Å²) in [6.45, 7) is 0.771. The Bertz CT molecular complexity index is 1380. The van der Waals surface area contributed by atoms with Gasteiger partial charge in [-0.1, -0.05) is 36.4 Å². The summed E-state index contributed by atoms with van der Waals surface area (Å²) in [6.07, 6.45) is 3.03. The van der Waals surface area contributed by atoms with E-state index in [1.165, 1.54) is 12.1 Å². The third-order valence-electron chi connectivity index (χ3n) is 5.66. The van der Waals surface area contributed by atoms with Crippen molar-refractivity contribution in [2.24, 2.45) is 0 Å². The molecule has 7 nitrogen and oxygen atoms in total. The van der Waals surface area contributed by atoms with Crippen molar-refractivity contribution < 1.29 is 9.18 Å². The smallest absolute Gasteiger partial charge is 0.214 e. The Kier molecular flexibility index (Phi) is 7.83. The van der Waals surface area contributed by atoms with Gasteiger partial charge in [0.15, 0.2) is 5.82 Å². The van der Waals surface area contributed by atoms with Crippen molar-refractivity contribution in [1.29, 1.82) is 5.26 Å². The van der Waals surface area contributed by atoms with Crippen LogP contribution >= 0.6 is 0 Å². The molecule has 0 unspecified atom stereocenters. The van der Waals surface area contributed by atoms with Gasteiger partial charge >= 0.3 is 0 Å². The molecule has 36 heavy (non-hydrogen) atoms. The van der Waals surface area contributed by atoms with Crippen LogP contribution in [-0.2, 0) is 17.8 Å². The van der Waals surface area contributed by atoms with E-state index in [1.54, 1.807) is 42.4 Å². The lowest BCUT2D eigenvalue weighted by molar-refractivity contribution is -0.107. The van der Waals surface area contributed by atoms with Crippen LogP contribution < -0.4 is 15.5 Å². The van der Waals surface area contributed by atoms with Gasteiger partial charge in [0.1, 0.15) is 11.6 Å². The van der Waals surface area contributed by atoms with Crippen molar-refractivity contribution in [2.45, 2.75) is 13.0 Å². The van der Waals surface area contributed by atoms with E-state index in [0.29, 0.717) is 47.8 Å². The highest BCUT2D eigenvalue weighted by Crippen LogP contribution is 2.30. The molecule has 0 aliphatic heterocycles. The average molecular weight is 481 g/mol. The molecule has 8 heteroatoms. The summed E-state index contributed by atoms with van der Waals surface area (Å²) < 4.78 is 13.6. The maximum Gasteiger partial charge on any atom is 0.214 e. The molecule has 0 radical (unpaired) electrons. The molecule has 0 saturated heterocycles. The minimum atomic E-state index is -0.286. The number of rotatable bonds is 10. The lowest BCUT2D eigenvalue weighted by Gasteiger charge is -2.22. The fraction of sp³-hybridized carbons (Fsp3) is 0.143. The topological polar surface area (TPSA) is 93.9 Å². The number of pyridine rings is 2. The standard InChI is InChI=1S/C28H25FN6O/c1-31-27-12-9-21(17-33-27)18-35(19-36)26-11-10-25(24-8-3-2-6-22(24)16-30)34-28(26)32-14-13-20-5-4-7-23(29)15-20/h2-12,15,17,19H,13-14,18H2,1H3,(H,31,33)(H,32,34). The first-order valence-electron chi connectivity index (χ1n) is 11.4. The van der Waals surface area contributed by atoms with Gasteiger partial charge in [-0.05, 0) is 53.9 Å². The van der Waals surface area contributed by atoms with E-state index in [1.807, 2.05) is 36.4 Å². The Morgan fingerprint density at radius 3 is 2.64 bits per heavy atom. The maximum absolute atomic E-state index is 13.6. The van der Waals surface area contributed by atoms with Crippen LogP contribution in [0.15, 0.2) is 79.0 Å². The van der Waals surface area contributed by atoms with Gasteiger partial charge in [0, 0.05) is 25.4 Å². The highest BCUT2D eigenvalue weighted by molar-refractivity contribution is 5.83. The monoisotopic (exact) mass is 480 g/mol. The van der Waals surface area contributed by atoms with E-state index >= 15 is 0 Å². The average Bonchev–Trinajstić information content (AvgIpc) is 2.92. The number of nitrogens with one attached hydrogen (secondary N) is 2. The number of benzene rings is 2. The minimum Gasteiger partial charge on any atom is -0.373 e. The number of halogens is 1. The van der Waals surface area contributed by atoms with E-state index in [2.05, 4.69) is 21.7 Å². The van der Waals surface area contributed by atoms with E-state index in [4.69, 9.17) is 4.98 Å². The van der Waals surface area contributed by atoms with Crippen molar-refractivity contribution in [2.75, 3.05) is 29.1 Å². The van der Waals surface area contributed by atoms with Gasteiger partial charge < -0.3 is 15.5 Å². The zero-order valence-electron chi connectivity index (χ0n) is 19.8. The number of carbonyl (C=O) groups excluding carboxylic acids is 1. The second-order valence-corrected chi connectivity index (χ2v) is 8.06. The van der Waals surface area contributed by atoms with Crippen LogP contribution in [0.5, 0.6) is 0 Å². The highest BCUT2D eigenvalue weighted by atomic mass is 19.1. The van der Waals surface area contributed by atoms with Crippen LogP contribution in [0.4, 0.5) is 21.7 Å². The van der Waals surface area contributed by atoms with Crippen LogP contribution in [0, 0.1) is 17.1 Å². The molecule has 0 bridgehead atoms. The molecule has 0 aliphatic rings. The molecule has 2 aromatic carbocycles. The van der Waals surface area contributed by atoms with E-state index in [9.17, 15) is 14.4 Å². The Morgan fingerprint density at radius 2 is 1.92 bits per heavy atom. The SMILES string of the molecule is CNc1ccc(CN(C=O)c2ccc(-c3ccccc3C#N)nc2NCCc2cccc(F)c2)cn1. The number of hydrogen-bond acceptors (Lipinski definition) is 6. The molecule has 2 heterocycles. The van der Waals surface area contributed by atoms with E-state index in [-0.39, 0.29) is 5.82 Å². The van der Waals surface area contributed by atoms with Crippen molar-refractivity contribution >= 4 is 23.7 Å². The Labute approximate surface area is 209 Å². The second kappa shape index (κ2) is 11.6. The molecule has 180 valence electrons. The maximum atomic E-state index is 13.6. The summed E-state index contributed by atoms with van der Waals surface area (Å²) in [5.41, 5.74) is 4.09. The minimum absolute atomic E-state index is 0.286. The molecule has 0 spiro atoms. The van der Waals surface area contributed by atoms with Crippen LogP contribution in [0.2, 0.25) is 0 Å². The molecule has 1 amide bonds. The zero-order chi connectivity index (χ0) is 25.3. The van der Waals surface area contributed by atoms with Gasteiger partial charge in [0.25, 0.3) is 0 Å². The predicted octanol–water partition coefficient (Wildman–Crippen LogP) is 5.01. The quantitative estimate of drug-likeness (QED) is 0.310. The predicted molar refractivity (Wildman–Crippen MR) is 139 cm³/mol. The first kappa shape index (κ1) is 24.4. The van der Waals surface area contributed by atoms with Gasteiger partial charge in [-0.2, -0.15) is 5.26 Å². The normalized spacial score (nSPS) is 10.4. The molecule has 2 N–H and O–H groups in total. The molecule has 0 aliphatic carbocycles. The van der Waals surface area contributed by atoms with Crippen molar-refractivity contribution in [3.05, 3.63) is 102 Å². The molecular formula is C28H25FN6O. The lowest BCUT2D eigenvalue weighted by atomic mass is 10.0. The summed E-state index contributed by atoms with van der Waals surface area (Å²) in [7, 11) is 1.79. The highest BCUT2D eigenvalue weighted by Gasteiger charge is 2.16. The van der Waals surface area contributed by atoms with Gasteiger partial charge in [0.05, 0.1) is 29.6 Å². The summed E-state index contributed by atoms with van der Waals surface area (Å²) >= 11 is 0. The van der Waals surface area contributed by atoms with Crippen molar-refractivity contribution in [3.63, 3.8) is 0 Å². The number of anilines is 3. The Hall–Kier alpha value is -4.77. The molecule has 2 aromatic heterocycles. The fourth-order valence-corrected chi connectivity index (χ4v) is 3.83. The number of carbonyl (C=O) groups is 1. The van der Waals surface area contributed by atoms with Gasteiger partial charge in [-0.15, -0.1) is 0 Å². The summed E-state index contributed by atoms with van der Waals surface area (Å²) in [4.78, 5) is 22.8.